The number of hydrogen-bond donors (Lipinski definition) is 1. The van der Waals surface area contributed by atoms with Crippen LogP contribution in [0.15, 0.2) is 0 Å². The topological polar surface area (TPSA) is 36.4 Å². The molecule has 0 atom stereocenters. The van der Waals surface area contributed by atoms with E-state index in [1.54, 1.807) is 11.3 Å². The summed E-state index contributed by atoms with van der Waals surface area (Å²) >= 11 is 1.74. The van der Waals surface area contributed by atoms with Gasteiger partial charge in [0.2, 0.25) is 0 Å². The Morgan fingerprint density at radius 3 is 2.43 bits per heavy atom. The lowest BCUT2D eigenvalue weighted by atomic mass is 10.0. The molecule has 0 radical (unpaired) electrons. The van der Waals surface area contributed by atoms with Crippen molar-refractivity contribution in [3.8, 4) is 0 Å². The van der Waals surface area contributed by atoms with Gasteiger partial charge >= 0.3 is 0 Å². The second-order valence-electron chi connectivity index (χ2n) is 7.16. The molecule has 0 spiro atoms. The number of nitrogens with zero attached hydrogens (tertiary/aromatic N) is 2. The summed E-state index contributed by atoms with van der Waals surface area (Å²) in [6.07, 6.45) is 9.02. The third kappa shape index (κ3) is 4.05. The normalized spacial score (nSPS) is 21.5. The Labute approximate surface area is 132 Å². The van der Waals surface area contributed by atoms with Gasteiger partial charge in [0.15, 0.2) is 0 Å². The lowest BCUT2D eigenvalue weighted by Gasteiger charge is -2.18. The average Bonchev–Trinajstić information content (AvgIpc) is 3.21. The molecule has 2 aliphatic rings. The van der Waals surface area contributed by atoms with E-state index in [9.17, 15) is 5.11 Å². The zero-order chi connectivity index (χ0) is 14.9. The highest BCUT2D eigenvalue weighted by Crippen LogP contribution is 2.45. The predicted octanol–water partition coefficient (Wildman–Crippen LogP) is 3.67. The minimum absolute atomic E-state index is 0.620. The fraction of sp³-hybridized carbons (Fsp3) is 0.824. The Morgan fingerprint density at radius 2 is 1.86 bits per heavy atom. The number of rotatable bonds is 5. The molecule has 1 saturated heterocycles. The number of aliphatic hydroxyl groups is 1. The highest BCUT2D eigenvalue weighted by Gasteiger charge is 2.34. The van der Waals surface area contributed by atoms with E-state index >= 15 is 0 Å². The van der Waals surface area contributed by atoms with Crippen LogP contribution in [0.25, 0.3) is 0 Å². The van der Waals surface area contributed by atoms with Gasteiger partial charge in [0.1, 0.15) is 0 Å². The first-order valence-electron chi connectivity index (χ1n) is 8.49. The Morgan fingerprint density at radius 1 is 1.19 bits per heavy atom. The van der Waals surface area contributed by atoms with Gasteiger partial charge in [-0.3, -0.25) is 0 Å². The fourth-order valence-corrected chi connectivity index (χ4v) is 4.31. The summed E-state index contributed by atoms with van der Waals surface area (Å²) in [4.78, 5) is 8.58. The van der Waals surface area contributed by atoms with Crippen molar-refractivity contribution in [2.75, 3.05) is 19.6 Å². The maximum absolute atomic E-state index is 10.4. The van der Waals surface area contributed by atoms with Gasteiger partial charge in [0, 0.05) is 18.9 Å². The van der Waals surface area contributed by atoms with Crippen molar-refractivity contribution in [2.24, 2.45) is 0 Å². The molecule has 4 heteroatoms. The third-order valence-electron chi connectivity index (χ3n) is 4.56. The van der Waals surface area contributed by atoms with Crippen LogP contribution in [-0.4, -0.2) is 34.6 Å². The van der Waals surface area contributed by atoms with Gasteiger partial charge in [-0.05, 0) is 52.6 Å². The number of likely N-dealkylation sites (tertiary alicyclic amines) is 1. The van der Waals surface area contributed by atoms with Crippen LogP contribution in [-0.2, 0) is 12.0 Å². The monoisotopic (exact) mass is 308 g/mol. The zero-order valence-corrected chi connectivity index (χ0v) is 14.2. The Bertz CT molecular complexity index is 466. The van der Waals surface area contributed by atoms with E-state index in [4.69, 9.17) is 4.98 Å². The summed E-state index contributed by atoms with van der Waals surface area (Å²) in [5.74, 6) is 0.620. The molecule has 1 saturated carbocycles. The Hall–Kier alpha value is -0.450. The first-order valence-corrected chi connectivity index (χ1v) is 9.30. The SMILES string of the molecule is CC(C)(O)c1sc(CCN2CCCCCC2)nc1C1CC1. The zero-order valence-electron chi connectivity index (χ0n) is 13.4. The number of thiazole rings is 1. The van der Waals surface area contributed by atoms with Gasteiger partial charge in [-0.1, -0.05) is 12.8 Å². The van der Waals surface area contributed by atoms with E-state index in [-0.39, 0.29) is 0 Å². The lowest BCUT2D eigenvalue weighted by molar-refractivity contribution is 0.0813. The van der Waals surface area contributed by atoms with E-state index in [0.29, 0.717) is 5.92 Å². The summed E-state index contributed by atoms with van der Waals surface area (Å²) in [6.45, 7) is 7.41. The minimum Gasteiger partial charge on any atom is -0.385 e. The quantitative estimate of drug-likeness (QED) is 0.901. The first kappa shape index (κ1) is 15.4. The standard InChI is InChI=1S/C17H28N2OS/c1-17(2,20)16-15(13-7-8-13)18-14(21-16)9-12-19-10-5-3-4-6-11-19/h13,20H,3-12H2,1-2H3. The van der Waals surface area contributed by atoms with Crippen LogP contribution in [0.5, 0.6) is 0 Å². The van der Waals surface area contributed by atoms with Crippen LogP contribution >= 0.6 is 11.3 Å². The summed E-state index contributed by atoms with van der Waals surface area (Å²) in [6, 6.07) is 0. The molecule has 118 valence electrons. The van der Waals surface area contributed by atoms with E-state index < -0.39 is 5.60 Å². The maximum Gasteiger partial charge on any atom is 0.0951 e. The molecule has 0 bridgehead atoms. The van der Waals surface area contributed by atoms with Crippen molar-refractivity contribution in [3.05, 3.63) is 15.6 Å². The van der Waals surface area contributed by atoms with Crippen LogP contribution < -0.4 is 0 Å². The molecule has 1 aromatic rings. The van der Waals surface area contributed by atoms with Crippen molar-refractivity contribution in [3.63, 3.8) is 0 Å². The first-order chi connectivity index (χ1) is 10.0. The fourth-order valence-electron chi connectivity index (χ4n) is 3.17. The molecule has 2 fully saturated rings. The number of hydrogen-bond acceptors (Lipinski definition) is 4. The molecule has 2 heterocycles. The van der Waals surface area contributed by atoms with Crippen LogP contribution in [0, 0.1) is 0 Å². The van der Waals surface area contributed by atoms with E-state index in [2.05, 4.69) is 4.90 Å². The molecule has 21 heavy (non-hydrogen) atoms. The van der Waals surface area contributed by atoms with Gasteiger partial charge in [-0.15, -0.1) is 11.3 Å². The maximum atomic E-state index is 10.4. The second kappa shape index (κ2) is 6.35. The molecule has 0 aromatic carbocycles. The molecule has 0 unspecified atom stereocenters. The van der Waals surface area contributed by atoms with Crippen LogP contribution in [0.4, 0.5) is 0 Å². The molecule has 1 aliphatic heterocycles. The van der Waals surface area contributed by atoms with Gasteiger partial charge < -0.3 is 10.0 Å². The third-order valence-corrected chi connectivity index (χ3v) is 6.00. The van der Waals surface area contributed by atoms with Crippen molar-refractivity contribution in [1.29, 1.82) is 0 Å². The largest absolute Gasteiger partial charge is 0.385 e. The highest BCUT2D eigenvalue weighted by atomic mass is 32.1. The van der Waals surface area contributed by atoms with Crippen LogP contribution in [0.1, 0.15) is 73.9 Å². The van der Waals surface area contributed by atoms with Crippen LogP contribution in [0.2, 0.25) is 0 Å². The average molecular weight is 308 g/mol. The summed E-state index contributed by atoms with van der Waals surface area (Å²) < 4.78 is 0. The summed E-state index contributed by atoms with van der Waals surface area (Å²) in [5, 5.41) is 11.6. The Balaban J connectivity index is 1.65. The molecule has 0 amide bonds. The smallest absolute Gasteiger partial charge is 0.0951 e. The van der Waals surface area contributed by atoms with Gasteiger partial charge in [0.25, 0.3) is 0 Å². The number of aromatic nitrogens is 1. The van der Waals surface area contributed by atoms with Crippen molar-refractivity contribution < 1.29 is 5.11 Å². The highest BCUT2D eigenvalue weighted by molar-refractivity contribution is 7.11. The van der Waals surface area contributed by atoms with Crippen molar-refractivity contribution in [1.82, 2.24) is 9.88 Å². The Kier molecular flexibility index (Phi) is 4.67. The molecule has 1 aromatic heterocycles. The predicted molar refractivity (Wildman–Crippen MR) is 87.9 cm³/mol. The summed E-state index contributed by atoms with van der Waals surface area (Å²) in [5.41, 5.74) is 0.453. The second-order valence-corrected chi connectivity index (χ2v) is 8.24. The van der Waals surface area contributed by atoms with E-state index in [1.807, 2.05) is 13.8 Å². The van der Waals surface area contributed by atoms with Crippen molar-refractivity contribution >= 4 is 11.3 Å². The summed E-state index contributed by atoms with van der Waals surface area (Å²) in [7, 11) is 0. The minimum atomic E-state index is -0.740. The van der Waals surface area contributed by atoms with Crippen LogP contribution in [0.3, 0.4) is 0 Å². The van der Waals surface area contributed by atoms with Gasteiger partial charge in [-0.2, -0.15) is 0 Å². The van der Waals surface area contributed by atoms with E-state index in [0.717, 1.165) is 17.8 Å². The molecule has 3 nitrogen and oxygen atoms in total. The molecular weight excluding hydrogens is 280 g/mol. The van der Waals surface area contributed by atoms with Gasteiger partial charge in [0.05, 0.1) is 21.2 Å². The van der Waals surface area contributed by atoms with E-state index in [1.165, 1.54) is 62.3 Å². The molecule has 1 aliphatic carbocycles. The van der Waals surface area contributed by atoms with Gasteiger partial charge in [-0.25, -0.2) is 4.98 Å². The molecular formula is C17H28N2OS. The molecule has 3 rings (SSSR count). The lowest BCUT2D eigenvalue weighted by Crippen LogP contribution is -2.26. The molecule has 1 N–H and O–H groups in total. The van der Waals surface area contributed by atoms with Crippen molar-refractivity contribution in [2.45, 2.75) is 70.3 Å².